The number of carbonyl (C=O) groups excluding carboxylic acids is 1. The first-order chi connectivity index (χ1) is 12.7. The molecule has 2 aromatic rings. The van der Waals surface area contributed by atoms with E-state index in [1.54, 1.807) is 10.7 Å². The number of aromatic nitrogens is 2. The molecule has 0 saturated heterocycles. The Morgan fingerprint density at radius 3 is 2.63 bits per heavy atom. The van der Waals surface area contributed by atoms with Gasteiger partial charge in [0.1, 0.15) is 18.6 Å². The highest BCUT2D eigenvalue weighted by atomic mass is 19.1. The predicted octanol–water partition coefficient (Wildman–Crippen LogP) is 3.96. The maximum atomic E-state index is 13.7. The number of rotatable bonds is 4. The molecule has 1 amide bonds. The van der Waals surface area contributed by atoms with Gasteiger partial charge in [0.15, 0.2) is 0 Å². The number of carbonyl (C=O) groups is 1. The monoisotopic (exact) mass is 375 g/mol. The molecule has 27 heavy (non-hydrogen) atoms. The van der Waals surface area contributed by atoms with Gasteiger partial charge in [-0.2, -0.15) is 5.10 Å². The van der Waals surface area contributed by atoms with Gasteiger partial charge in [-0.3, -0.25) is 5.32 Å². The zero-order valence-electron chi connectivity index (χ0n) is 15.9. The summed E-state index contributed by atoms with van der Waals surface area (Å²) in [6, 6.07) is 11.2. The van der Waals surface area contributed by atoms with Gasteiger partial charge in [0.05, 0.1) is 17.3 Å². The van der Waals surface area contributed by atoms with Crippen LogP contribution in [-0.4, -0.2) is 33.3 Å². The van der Waals surface area contributed by atoms with Crippen LogP contribution in [0, 0.1) is 0 Å². The fourth-order valence-electron chi connectivity index (χ4n) is 3.27. The van der Waals surface area contributed by atoms with Crippen LogP contribution in [0.5, 0.6) is 0 Å². The van der Waals surface area contributed by atoms with E-state index in [9.17, 15) is 14.3 Å². The van der Waals surface area contributed by atoms with Crippen molar-refractivity contribution in [2.45, 2.75) is 64.0 Å². The van der Waals surface area contributed by atoms with Crippen molar-refractivity contribution < 1.29 is 19.0 Å². The van der Waals surface area contributed by atoms with Gasteiger partial charge >= 0.3 is 6.09 Å². The minimum atomic E-state index is -1.23. The van der Waals surface area contributed by atoms with E-state index in [1.807, 2.05) is 51.1 Å². The van der Waals surface area contributed by atoms with E-state index in [1.165, 1.54) is 0 Å². The van der Waals surface area contributed by atoms with Crippen LogP contribution in [0.4, 0.5) is 15.0 Å². The van der Waals surface area contributed by atoms with Crippen LogP contribution >= 0.6 is 0 Å². The molecule has 7 heteroatoms. The molecule has 3 atom stereocenters. The molecule has 3 rings (SSSR count). The Morgan fingerprint density at radius 2 is 2.04 bits per heavy atom. The summed E-state index contributed by atoms with van der Waals surface area (Å²) < 4.78 is 20.7. The van der Waals surface area contributed by atoms with E-state index in [0.717, 1.165) is 5.56 Å². The number of halogens is 1. The van der Waals surface area contributed by atoms with E-state index in [0.29, 0.717) is 17.9 Å². The largest absolute Gasteiger partial charge is 0.444 e. The second-order valence-corrected chi connectivity index (χ2v) is 7.98. The lowest BCUT2D eigenvalue weighted by atomic mass is 10.0. The van der Waals surface area contributed by atoms with Crippen LogP contribution in [-0.2, 0) is 16.9 Å². The Balaban J connectivity index is 1.72. The Morgan fingerprint density at radius 1 is 1.33 bits per heavy atom. The quantitative estimate of drug-likeness (QED) is 0.848. The first-order valence-corrected chi connectivity index (χ1v) is 9.14. The topological polar surface area (TPSA) is 76.4 Å². The number of aliphatic hydroxyl groups excluding tert-OH is 1. The van der Waals surface area contributed by atoms with E-state index in [-0.39, 0.29) is 24.5 Å². The van der Waals surface area contributed by atoms with Gasteiger partial charge < -0.3 is 9.84 Å². The van der Waals surface area contributed by atoms with Crippen LogP contribution in [0.3, 0.4) is 0 Å². The Hall–Kier alpha value is -2.41. The minimum absolute atomic E-state index is 0.167. The molecule has 0 unspecified atom stereocenters. The summed E-state index contributed by atoms with van der Waals surface area (Å²) in [5, 5.41) is 17.0. The number of nitrogens with one attached hydrogen (secondary N) is 1. The summed E-state index contributed by atoms with van der Waals surface area (Å²) in [7, 11) is 0. The number of amides is 1. The number of hydrogen-bond donors (Lipinski definition) is 2. The lowest BCUT2D eigenvalue weighted by molar-refractivity contribution is 0.103. The molecule has 0 bridgehead atoms. The van der Waals surface area contributed by atoms with E-state index < -0.39 is 18.4 Å². The van der Waals surface area contributed by atoms with E-state index in [2.05, 4.69) is 10.4 Å². The first-order valence-electron chi connectivity index (χ1n) is 9.14. The van der Waals surface area contributed by atoms with Gasteiger partial charge in [-0.05, 0) is 39.2 Å². The Kier molecular flexibility index (Phi) is 5.51. The smallest absolute Gasteiger partial charge is 0.413 e. The van der Waals surface area contributed by atoms with Gasteiger partial charge in [-0.15, -0.1) is 0 Å². The van der Waals surface area contributed by atoms with Crippen molar-refractivity contribution in [1.82, 2.24) is 9.78 Å². The average Bonchev–Trinajstić information content (AvgIpc) is 3.18. The van der Waals surface area contributed by atoms with Crippen molar-refractivity contribution in [2.75, 3.05) is 5.32 Å². The van der Waals surface area contributed by atoms with Crippen LogP contribution in [0.25, 0.3) is 0 Å². The lowest BCUT2D eigenvalue weighted by Crippen LogP contribution is -2.27. The highest BCUT2D eigenvalue weighted by Crippen LogP contribution is 2.37. The summed E-state index contributed by atoms with van der Waals surface area (Å²) in [5.74, 6) is 0.326. The minimum Gasteiger partial charge on any atom is -0.444 e. The van der Waals surface area contributed by atoms with Crippen LogP contribution in [0.2, 0.25) is 0 Å². The summed E-state index contributed by atoms with van der Waals surface area (Å²) >= 11 is 0. The second-order valence-electron chi connectivity index (χ2n) is 7.98. The van der Waals surface area contributed by atoms with Crippen molar-refractivity contribution in [3.05, 3.63) is 47.7 Å². The number of benzene rings is 1. The predicted molar refractivity (Wildman–Crippen MR) is 100 cm³/mol. The summed E-state index contributed by atoms with van der Waals surface area (Å²) in [6.45, 7) is 6.06. The van der Waals surface area contributed by atoms with Crippen LogP contribution in [0.1, 0.15) is 50.8 Å². The van der Waals surface area contributed by atoms with Gasteiger partial charge in [-0.25, -0.2) is 13.9 Å². The molecule has 146 valence electrons. The van der Waals surface area contributed by atoms with Gasteiger partial charge in [0, 0.05) is 12.0 Å². The van der Waals surface area contributed by atoms with Gasteiger partial charge in [0.25, 0.3) is 0 Å². The van der Waals surface area contributed by atoms with E-state index in [4.69, 9.17) is 4.74 Å². The third-order valence-electron chi connectivity index (χ3n) is 4.68. The Bertz CT molecular complexity index is 776. The summed E-state index contributed by atoms with van der Waals surface area (Å²) in [6.07, 6.45) is -2.20. The number of ether oxygens (including phenoxy) is 1. The zero-order chi connectivity index (χ0) is 19.6. The van der Waals surface area contributed by atoms with E-state index >= 15 is 0 Å². The van der Waals surface area contributed by atoms with Crippen molar-refractivity contribution in [1.29, 1.82) is 0 Å². The second kappa shape index (κ2) is 7.68. The molecule has 6 nitrogen and oxygen atoms in total. The summed E-state index contributed by atoms with van der Waals surface area (Å²) in [5.41, 5.74) is 1.18. The molecule has 2 N–H and O–H groups in total. The normalized spacial score (nSPS) is 22.6. The maximum Gasteiger partial charge on any atom is 0.413 e. The molecule has 1 heterocycles. The number of anilines is 1. The molecular weight excluding hydrogens is 349 g/mol. The SMILES string of the molecule is CC(C)(C)n1nc([C@@H]2C[C@H](O)[C@@H](F)C2)cc1NC(=O)OCc1ccccc1. The molecular formula is C20H26FN3O3. The van der Waals surface area contributed by atoms with Crippen molar-refractivity contribution >= 4 is 11.9 Å². The number of alkyl halides is 1. The zero-order valence-corrected chi connectivity index (χ0v) is 15.9. The van der Waals surface area contributed by atoms with Crippen LogP contribution in [0.15, 0.2) is 36.4 Å². The van der Waals surface area contributed by atoms with Gasteiger partial charge in [0.2, 0.25) is 0 Å². The third kappa shape index (κ3) is 4.66. The molecule has 0 radical (unpaired) electrons. The molecule has 1 aliphatic rings. The van der Waals surface area contributed by atoms with Crippen molar-refractivity contribution in [2.24, 2.45) is 0 Å². The molecule has 1 aliphatic carbocycles. The van der Waals surface area contributed by atoms with Gasteiger partial charge in [-0.1, -0.05) is 30.3 Å². The number of nitrogens with zero attached hydrogens (tertiary/aromatic N) is 2. The third-order valence-corrected chi connectivity index (χ3v) is 4.68. The molecule has 1 aromatic carbocycles. The Labute approximate surface area is 158 Å². The highest BCUT2D eigenvalue weighted by Gasteiger charge is 2.36. The first kappa shape index (κ1) is 19.4. The number of aliphatic hydroxyl groups is 1. The molecule has 0 spiro atoms. The maximum absolute atomic E-state index is 13.7. The lowest BCUT2D eigenvalue weighted by Gasteiger charge is -2.22. The fraction of sp³-hybridized carbons (Fsp3) is 0.500. The standard InChI is InChI=1S/C20H26FN3O3/c1-20(2,3)24-18(11-16(23-24)14-9-15(21)17(25)10-14)22-19(26)27-12-13-7-5-4-6-8-13/h4-8,11,14-15,17,25H,9-10,12H2,1-3H3,(H,22,26)/t14-,15-,17-/m0/s1. The molecule has 1 saturated carbocycles. The van der Waals surface area contributed by atoms with Crippen molar-refractivity contribution in [3.8, 4) is 0 Å². The highest BCUT2D eigenvalue weighted by molar-refractivity contribution is 5.83. The summed E-state index contributed by atoms with van der Waals surface area (Å²) in [4.78, 5) is 12.2. The van der Waals surface area contributed by atoms with Crippen molar-refractivity contribution in [3.63, 3.8) is 0 Å². The fourth-order valence-corrected chi connectivity index (χ4v) is 3.27. The molecule has 1 aromatic heterocycles. The average molecular weight is 375 g/mol. The van der Waals surface area contributed by atoms with Crippen LogP contribution < -0.4 is 5.32 Å². The number of hydrogen-bond acceptors (Lipinski definition) is 4. The molecule has 0 aliphatic heterocycles. The molecule has 1 fully saturated rings.